The molecule has 1 spiro atoms. The first-order valence-electron chi connectivity index (χ1n) is 9.31. The fourth-order valence-corrected chi connectivity index (χ4v) is 5.12. The largest absolute Gasteiger partial charge is 0.354 e. The Balaban J connectivity index is 1.46. The van der Waals surface area contributed by atoms with Crippen LogP contribution in [0.25, 0.3) is 11.0 Å². The number of aromatic amines is 1. The lowest BCUT2D eigenvalue weighted by atomic mass is 10.1. The predicted octanol–water partition coefficient (Wildman–Crippen LogP) is 2.57. The maximum Gasteiger partial charge on any atom is 0.142 e. The number of anilines is 1. The van der Waals surface area contributed by atoms with Gasteiger partial charge in [0.15, 0.2) is 0 Å². The van der Waals surface area contributed by atoms with Crippen molar-refractivity contribution < 1.29 is 4.79 Å². The van der Waals surface area contributed by atoms with E-state index < -0.39 is 0 Å². The van der Waals surface area contributed by atoms with Gasteiger partial charge in [-0.2, -0.15) is 0 Å². The SMILES string of the molecule is Cc1ncsc1C(C=O)N1CCN(c2ncnc3[nH]ccc23)CC2(CC2)C1. The van der Waals surface area contributed by atoms with E-state index in [1.807, 2.05) is 24.7 Å². The van der Waals surface area contributed by atoms with Crippen LogP contribution in [0.2, 0.25) is 0 Å². The molecule has 1 N–H and O–H groups in total. The molecular formula is C19H22N6OS. The van der Waals surface area contributed by atoms with Gasteiger partial charge in [0.05, 0.1) is 21.5 Å². The summed E-state index contributed by atoms with van der Waals surface area (Å²) in [5.41, 5.74) is 3.93. The van der Waals surface area contributed by atoms with Crippen LogP contribution in [0, 0.1) is 12.3 Å². The summed E-state index contributed by atoms with van der Waals surface area (Å²) in [4.78, 5) is 34.2. The first-order chi connectivity index (χ1) is 13.2. The fraction of sp³-hybridized carbons (Fsp3) is 0.474. The first kappa shape index (κ1) is 16.8. The van der Waals surface area contributed by atoms with Gasteiger partial charge in [0.2, 0.25) is 0 Å². The molecule has 1 aliphatic heterocycles. The van der Waals surface area contributed by atoms with Gasteiger partial charge in [-0.05, 0) is 25.8 Å². The number of fused-ring (bicyclic) bond motifs is 1. The minimum absolute atomic E-state index is 0.201. The minimum Gasteiger partial charge on any atom is -0.354 e. The molecule has 5 rings (SSSR count). The maximum atomic E-state index is 12.0. The Hall–Kier alpha value is -2.32. The molecule has 27 heavy (non-hydrogen) atoms. The average Bonchev–Trinajstić information content (AvgIpc) is 3.09. The molecule has 1 aliphatic carbocycles. The molecule has 140 valence electrons. The van der Waals surface area contributed by atoms with E-state index in [4.69, 9.17) is 0 Å². The van der Waals surface area contributed by atoms with E-state index in [9.17, 15) is 4.79 Å². The van der Waals surface area contributed by atoms with E-state index >= 15 is 0 Å². The zero-order valence-electron chi connectivity index (χ0n) is 15.3. The molecule has 1 saturated carbocycles. The Morgan fingerprint density at radius 2 is 2.15 bits per heavy atom. The number of hydrogen-bond donors (Lipinski definition) is 1. The molecule has 1 unspecified atom stereocenters. The number of rotatable bonds is 4. The summed E-state index contributed by atoms with van der Waals surface area (Å²) < 4.78 is 0. The van der Waals surface area contributed by atoms with Gasteiger partial charge in [0, 0.05) is 37.8 Å². The Bertz CT molecular complexity index is 977. The highest BCUT2D eigenvalue weighted by Gasteiger charge is 2.48. The zero-order chi connectivity index (χ0) is 18.4. The molecule has 0 radical (unpaired) electrons. The topological polar surface area (TPSA) is 78.0 Å². The van der Waals surface area contributed by atoms with E-state index in [1.165, 1.54) is 12.8 Å². The van der Waals surface area contributed by atoms with Crippen molar-refractivity contribution in [2.24, 2.45) is 5.41 Å². The van der Waals surface area contributed by atoms with Crippen LogP contribution in [-0.2, 0) is 4.79 Å². The van der Waals surface area contributed by atoms with Crippen molar-refractivity contribution in [1.29, 1.82) is 0 Å². The minimum atomic E-state index is -0.201. The van der Waals surface area contributed by atoms with E-state index in [2.05, 4.69) is 29.7 Å². The number of H-pyrrole nitrogens is 1. The Morgan fingerprint density at radius 3 is 2.89 bits per heavy atom. The van der Waals surface area contributed by atoms with Crippen molar-refractivity contribution in [3.63, 3.8) is 0 Å². The number of aromatic nitrogens is 4. The van der Waals surface area contributed by atoms with E-state index in [0.29, 0.717) is 0 Å². The van der Waals surface area contributed by atoms with Gasteiger partial charge in [-0.3, -0.25) is 4.90 Å². The van der Waals surface area contributed by atoms with Gasteiger partial charge < -0.3 is 14.7 Å². The molecule has 3 aromatic rings. The van der Waals surface area contributed by atoms with Crippen molar-refractivity contribution >= 4 is 34.5 Å². The number of aldehydes is 1. The number of nitrogens with zero attached hydrogens (tertiary/aromatic N) is 5. The molecule has 0 bridgehead atoms. The maximum absolute atomic E-state index is 12.0. The molecule has 1 saturated heterocycles. The number of nitrogens with one attached hydrogen (secondary N) is 1. The molecule has 2 aliphatic rings. The number of hydrogen-bond acceptors (Lipinski definition) is 7. The van der Waals surface area contributed by atoms with Crippen LogP contribution in [-0.4, -0.2) is 57.3 Å². The standard InChI is InChI=1S/C19H22N6OS/c1-13-16(27-12-23-13)15(8-26)24-6-7-25(10-19(9-24)3-4-19)18-14-2-5-20-17(14)21-11-22-18/h2,5,8,11-12,15H,3-4,6-7,9-10H2,1H3,(H,20,21,22). The van der Waals surface area contributed by atoms with Crippen molar-refractivity contribution in [3.05, 3.63) is 34.7 Å². The molecule has 1 atom stereocenters. The molecule has 7 nitrogen and oxygen atoms in total. The second kappa shape index (κ2) is 6.38. The molecule has 3 aromatic heterocycles. The number of carbonyl (C=O) groups is 1. The third-order valence-electron chi connectivity index (χ3n) is 5.89. The summed E-state index contributed by atoms with van der Waals surface area (Å²) in [6.45, 7) is 5.60. The van der Waals surface area contributed by atoms with Crippen LogP contribution < -0.4 is 4.90 Å². The van der Waals surface area contributed by atoms with E-state index in [1.54, 1.807) is 17.7 Å². The highest BCUT2D eigenvalue weighted by molar-refractivity contribution is 7.09. The summed E-state index contributed by atoms with van der Waals surface area (Å²) in [6.07, 6.45) is 7.03. The highest BCUT2D eigenvalue weighted by atomic mass is 32.1. The normalized spacial score (nSPS) is 20.7. The van der Waals surface area contributed by atoms with Gasteiger partial charge in [0.25, 0.3) is 0 Å². The monoisotopic (exact) mass is 382 g/mol. The van der Waals surface area contributed by atoms with Gasteiger partial charge in [-0.15, -0.1) is 11.3 Å². The fourth-order valence-electron chi connectivity index (χ4n) is 4.22. The summed E-state index contributed by atoms with van der Waals surface area (Å²) in [6, 6.07) is 1.84. The van der Waals surface area contributed by atoms with Gasteiger partial charge in [-0.25, -0.2) is 15.0 Å². The lowest BCUT2D eigenvalue weighted by Crippen LogP contribution is -2.35. The lowest BCUT2D eigenvalue weighted by molar-refractivity contribution is -0.112. The summed E-state index contributed by atoms with van der Waals surface area (Å²) >= 11 is 1.58. The van der Waals surface area contributed by atoms with Crippen LogP contribution >= 0.6 is 11.3 Å². The summed E-state index contributed by atoms with van der Waals surface area (Å²) in [5.74, 6) is 0.992. The van der Waals surface area contributed by atoms with Crippen LogP contribution in [0.5, 0.6) is 0 Å². The Labute approximate surface area is 161 Å². The molecule has 0 aromatic carbocycles. The number of carbonyl (C=O) groups excluding carboxylic acids is 1. The van der Waals surface area contributed by atoms with Gasteiger partial charge in [0.1, 0.15) is 30.1 Å². The molecule has 0 amide bonds. The average molecular weight is 382 g/mol. The van der Waals surface area contributed by atoms with Crippen molar-refractivity contribution in [3.8, 4) is 0 Å². The number of thiazole rings is 1. The van der Waals surface area contributed by atoms with Crippen LogP contribution in [0.15, 0.2) is 24.1 Å². The Kier molecular flexibility index (Phi) is 3.98. The van der Waals surface area contributed by atoms with Gasteiger partial charge >= 0.3 is 0 Å². The Morgan fingerprint density at radius 1 is 1.26 bits per heavy atom. The van der Waals surface area contributed by atoms with Crippen molar-refractivity contribution in [1.82, 2.24) is 24.8 Å². The predicted molar refractivity (Wildman–Crippen MR) is 105 cm³/mol. The van der Waals surface area contributed by atoms with E-state index in [0.717, 1.165) is 59.9 Å². The zero-order valence-corrected chi connectivity index (χ0v) is 16.1. The third kappa shape index (κ3) is 2.93. The van der Waals surface area contributed by atoms with Crippen LogP contribution in [0.4, 0.5) is 5.82 Å². The highest BCUT2D eigenvalue weighted by Crippen LogP contribution is 2.49. The molecular weight excluding hydrogens is 360 g/mol. The van der Waals surface area contributed by atoms with Crippen molar-refractivity contribution in [2.45, 2.75) is 25.8 Å². The second-order valence-electron chi connectivity index (χ2n) is 7.71. The molecule has 8 heteroatoms. The first-order valence-corrected chi connectivity index (χ1v) is 10.2. The summed E-state index contributed by atoms with van der Waals surface area (Å²) in [5, 5.41) is 1.06. The summed E-state index contributed by atoms with van der Waals surface area (Å²) in [7, 11) is 0. The second-order valence-corrected chi connectivity index (χ2v) is 8.60. The number of aryl methyl sites for hydroxylation is 1. The lowest BCUT2D eigenvalue weighted by Gasteiger charge is -2.28. The van der Waals surface area contributed by atoms with E-state index in [-0.39, 0.29) is 11.5 Å². The molecule has 4 heterocycles. The van der Waals surface area contributed by atoms with Crippen LogP contribution in [0.1, 0.15) is 29.5 Å². The van der Waals surface area contributed by atoms with Crippen LogP contribution in [0.3, 0.4) is 0 Å². The van der Waals surface area contributed by atoms with Gasteiger partial charge in [-0.1, -0.05) is 0 Å². The van der Waals surface area contributed by atoms with Crippen molar-refractivity contribution in [2.75, 3.05) is 31.1 Å². The molecule has 2 fully saturated rings. The quantitative estimate of drug-likeness (QED) is 0.699. The third-order valence-corrected chi connectivity index (χ3v) is 6.89. The smallest absolute Gasteiger partial charge is 0.142 e.